The summed E-state index contributed by atoms with van der Waals surface area (Å²) in [6.07, 6.45) is 0. The first-order chi connectivity index (χ1) is 9.60. The fourth-order valence-electron chi connectivity index (χ4n) is 2.05. The zero-order valence-corrected chi connectivity index (χ0v) is 11.1. The third-order valence-electron chi connectivity index (χ3n) is 2.96. The summed E-state index contributed by atoms with van der Waals surface area (Å²) < 4.78 is 0. The third kappa shape index (κ3) is 2.35. The quantitative estimate of drug-likeness (QED) is 0.692. The van der Waals surface area contributed by atoms with E-state index in [0.29, 0.717) is 16.1 Å². The third-order valence-corrected chi connectivity index (χ3v) is 3.29. The topological polar surface area (TPSA) is 92.9 Å². The summed E-state index contributed by atoms with van der Waals surface area (Å²) in [5.41, 5.74) is 7.01. The highest BCUT2D eigenvalue weighted by atomic mass is 35.5. The van der Waals surface area contributed by atoms with Crippen LogP contribution in [-0.2, 0) is 6.54 Å². The van der Waals surface area contributed by atoms with Crippen molar-refractivity contribution in [3.63, 3.8) is 0 Å². The zero-order chi connectivity index (χ0) is 14.7. The van der Waals surface area contributed by atoms with E-state index in [2.05, 4.69) is 0 Å². The Labute approximate surface area is 120 Å². The van der Waals surface area contributed by atoms with Gasteiger partial charge in [0, 0.05) is 28.8 Å². The van der Waals surface area contributed by atoms with Crippen LogP contribution in [0.25, 0.3) is 11.1 Å². The summed E-state index contributed by atoms with van der Waals surface area (Å²) in [5.74, 6) is 0. The molecule has 0 unspecified atom stereocenters. The van der Waals surface area contributed by atoms with E-state index in [1.807, 2.05) is 6.07 Å². The van der Waals surface area contributed by atoms with Gasteiger partial charge in [-0.15, -0.1) is 0 Å². The van der Waals surface area contributed by atoms with Crippen molar-refractivity contribution in [3.8, 4) is 17.2 Å². The largest absolute Gasteiger partial charge is 0.326 e. The first-order valence-electron chi connectivity index (χ1n) is 5.75. The maximum absolute atomic E-state index is 11.0. The van der Waals surface area contributed by atoms with Crippen molar-refractivity contribution in [2.75, 3.05) is 0 Å². The molecule has 5 nitrogen and oxygen atoms in total. The van der Waals surface area contributed by atoms with E-state index in [1.165, 1.54) is 12.1 Å². The van der Waals surface area contributed by atoms with Crippen molar-refractivity contribution in [2.45, 2.75) is 6.54 Å². The van der Waals surface area contributed by atoms with Gasteiger partial charge < -0.3 is 5.73 Å². The van der Waals surface area contributed by atoms with Crippen LogP contribution in [0.5, 0.6) is 0 Å². The van der Waals surface area contributed by atoms with Gasteiger partial charge in [-0.2, -0.15) is 5.26 Å². The lowest BCUT2D eigenvalue weighted by Crippen LogP contribution is -2.06. The Morgan fingerprint density at radius 3 is 2.50 bits per heavy atom. The monoisotopic (exact) mass is 287 g/mol. The van der Waals surface area contributed by atoms with Crippen molar-refractivity contribution in [1.29, 1.82) is 5.26 Å². The molecule has 0 aliphatic carbocycles. The molecule has 0 heterocycles. The summed E-state index contributed by atoms with van der Waals surface area (Å²) in [7, 11) is 0. The van der Waals surface area contributed by atoms with E-state index in [1.54, 1.807) is 24.3 Å². The molecule has 0 bridgehead atoms. The summed E-state index contributed by atoms with van der Waals surface area (Å²) in [6, 6.07) is 11.9. The summed E-state index contributed by atoms with van der Waals surface area (Å²) in [4.78, 5) is 10.4. The van der Waals surface area contributed by atoms with Crippen LogP contribution in [0.15, 0.2) is 36.4 Å². The van der Waals surface area contributed by atoms with Crippen LogP contribution in [0.3, 0.4) is 0 Å². The summed E-state index contributed by atoms with van der Waals surface area (Å²) >= 11 is 6.11. The summed E-state index contributed by atoms with van der Waals surface area (Å²) in [5, 5.41) is 20.8. The number of hydrogen-bond donors (Lipinski definition) is 1. The van der Waals surface area contributed by atoms with Gasteiger partial charge in [0.25, 0.3) is 5.69 Å². The molecular formula is C14H10ClN3O2. The number of nitro benzene ring substituents is 1. The second-order valence-electron chi connectivity index (χ2n) is 4.04. The molecule has 6 heteroatoms. The lowest BCUT2D eigenvalue weighted by molar-refractivity contribution is -0.385. The number of hydrogen-bond acceptors (Lipinski definition) is 4. The fourth-order valence-corrected chi connectivity index (χ4v) is 2.28. The van der Waals surface area contributed by atoms with Crippen molar-refractivity contribution in [2.24, 2.45) is 5.73 Å². The predicted molar refractivity (Wildman–Crippen MR) is 76.1 cm³/mol. The average molecular weight is 288 g/mol. The maximum Gasteiger partial charge on any atom is 0.275 e. The lowest BCUT2D eigenvalue weighted by Gasteiger charge is -2.10. The van der Waals surface area contributed by atoms with Gasteiger partial charge in [0.05, 0.1) is 16.1 Å². The highest BCUT2D eigenvalue weighted by molar-refractivity contribution is 6.33. The number of halogens is 1. The molecule has 0 amide bonds. The second kappa shape index (κ2) is 5.70. The number of nitrogens with two attached hydrogens (primary N) is 1. The standard InChI is InChI=1S/C14H10ClN3O2/c15-13-4-2-1-3-10(13)9-5-6-14(18(19)20)12(8-17)11(9)7-16/h1-6H,8,17H2. The number of rotatable bonds is 3. The van der Waals surface area contributed by atoms with Gasteiger partial charge in [-0.1, -0.05) is 29.8 Å². The zero-order valence-electron chi connectivity index (χ0n) is 10.3. The highest BCUT2D eigenvalue weighted by Gasteiger charge is 2.21. The highest BCUT2D eigenvalue weighted by Crippen LogP contribution is 2.34. The molecule has 0 saturated heterocycles. The smallest absolute Gasteiger partial charge is 0.275 e. The first kappa shape index (κ1) is 14.0. The molecule has 20 heavy (non-hydrogen) atoms. The van der Waals surface area contributed by atoms with E-state index < -0.39 is 4.92 Å². The van der Waals surface area contributed by atoms with E-state index in [0.717, 1.165) is 0 Å². The second-order valence-corrected chi connectivity index (χ2v) is 4.45. The Hall–Kier alpha value is -2.42. The molecule has 0 aliphatic heterocycles. The molecule has 0 saturated carbocycles. The van der Waals surface area contributed by atoms with Gasteiger partial charge in [0.2, 0.25) is 0 Å². The van der Waals surface area contributed by atoms with Crippen LogP contribution in [0.1, 0.15) is 11.1 Å². The molecule has 2 rings (SSSR count). The van der Waals surface area contributed by atoms with E-state index >= 15 is 0 Å². The van der Waals surface area contributed by atoms with Crippen LogP contribution < -0.4 is 5.73 Å². The number of nitro groups is 1. The van der Waals surface area contributed by atoms with Gasteiger partial charge >= 0.3 is 0 Å². The van der Waals surface area contributed by atoms with Crippen LogP contribution in [0.2, 0.25) is 5.02 Å². The van der Waals surface area contributed by atoms with Crippen molar-refractivity contribution >= 4 is 17.3 Å². The Kier molecular flexibility index (Phi) is 3.99. The van der Waals surface area contributed by atoms with Crippen LogP contribution in [0, 0.1) is 21.4 Å². The Bertz CT molecular complexity index is 723. The number of nitrogens with zero attached hydrogens (tertiary/aromatic N) is 2. The van der Waals surface area contributed by atoms with E-state index in [9.17, 15) is 15.4 Å². The Morgan fingerprint density at radius 1 is 1.25 bits per heavy atom. The van der Waals surface area contributed by atoms with Gasteiger partial charge in [-0.3, -0.25) is 10.1 Å². The van der Waals surface area contributed by atoms with Gasteiger partial charge in [0.1, 0.15) is 6.07 Å². The van der Waals surface area contributed by atoms with E-state index in [-0.39, 0.29) is 23.4 Å². The lowest BCUT2D eigenvalue weighted by atomic mass is 9.95. The molecule has 0 fully saturated rings. The van der Waals surface area contributed by atoms with E-state index in [4.69, 9.17) is 17.3 Å². The number of nitriles is 1. The van der Waals surface area contributed by atoms with Crippen LogP contribution >= 0.6 is 11.6 Å². The SMILES string of the molecule is N#Cc1c(-c2ccccc2Cl)ccc([N+](=O)[O-])c1CN. The van der Waals surface area contributed by atoms with Crippen molar-refractivity contribution in [3.05, 3.63) is 62.7 Å². The molecule has 2 N–H and O–H groups in total. The molecule has 0 aromatic heterocycles. The van der Waals surface area contributed by atoms with Gasteiger partial charge in [-0.05, 0) is 12.1 Å². The first-order valence-corrected chi connectivity index (χ1v) is 6.13. The number of benzene rings is 2. The molecular weight excluding hydrogens is 278 g/mol. The molecule has 2 aromatic carbocycles. The maximum atomic E-state index is 11.0. The molecule has 0 spiro atoms. The minimum atomic E-state index is -0.542. The average Bonchev–Trinajstić information content (AvgIpc) is 2.46. The van der Waals surface area contributed by atoms with Crippen LogP contribution in [0.4, 0.5) is 5.69 Å². The summed E-state index contributed by atoms with van der Waals surface area (Å²) in [6.45, 7) is -0.0858. The molecule has 0 aliphatic rings. The minimum absolute atomic E-state index is 0.0858. The normalized spacial score (nSPS) is 10.1. The predicted octanol–water partition coefficient (Wildman–Crippen LogP) is 3.25. The Balaban J connectivity index is 2.77. The fraction of sp³-hybridized carbons (Fsp3) is 0.0714. The Morgan fingerprint density at radius 2 is 1.95 bits per heavy atom. The van der Waals surface area contributed by atoms with Gasteiger partial charge in [0.15, 0.2) is 0 Å². The van der Waals surface area contributed by atoms with Crippen molar-refractivity contribution < 1.29 is 4.92 Å². The molecule has 0 atom stereocenters. The van der Waals surface area contributed by atoms with Crippen LogP contribution in [-0.4, -0.2) is 4.92 Å². The minimum Gasteiger partial charge on any atom is -0.326 e. The molecule has 2 aromatic rings. The van der Waals surface area contributed by atoms with Gasteiger partial charge in [-0.25, -0.2) is 0 Å². The molecule has 0 radical (unpaired) electrons. The van der Waals surface area contributed by atoms with Crippen molar-refractivity contribution in [1.82, 2.24) is 0 Å². The molecule has 100 valence electrons.